The standard InChI is InChI=1S/C18H24FN5O4/c1-10-21-17(23-12-3-5-26-6-4-12)16-18(22-10)24(9-20-16)15-7-13(27-11(2)25)14(8-19)28-15/h9,12-15H,3-8H2,1-2H3,(H,21,22,23)/t13-,14+,15+/m0/s1. The van der Waals surface area contributed by atoms with E-state index in [1.807, 2.05) is 6.92 Å². The lowest BCUT2D eigenvalue weighted by atomic mass is 10.1. The van der Waals surface area contributed by atoms with Gasteiger partial charge in [0.25, 0.3) is 0 Å². The molecule has 0 spiro atoms. The van der Waals surface area contributed by atoms with Gasteiger partial charge in [-0.05, 0) is 19.8 Å². The lowest BCUT2D eigenvalue weighted by Crippen LogP contribution is -2.28. The summed E-state index contributed by atoms with van der Waals surface area (Å²) in [5.41, 5.74) is 1.24. The maximum Gasteiger partial charge on any atom is 0.302 e. The van der Waals surface area contributed by atoms with E-state index in [-0.39, 0.29) is 6.04 Å². The van der Waals surface area contributed by atoms with E-state index < -0.39 is 31.1 Å². The van der Waals surface area contributed by atoms with Gasteiger partial charge in [-0.3, -0.25) is 9.36 Å². The molecule has 3 atom stereocenters. The lowest BCUT2D eigenvalue weighted by molar-refractivity contribution is -0.149. The minimum absolute atomic E-state index is 0.267. The Hall–Kier alpha value is -2.33. The molecule has 0 aliphatic carbocycles. The van der Waals surface area contributed by atoms with Crippen LogP contribution in [0.3, 0.4) is 0 Å². The van der Waals surface area contributed by atoms with Crippen molar-refractivity contribution >= 4 is 23.0 Å². The number of imidazole rings is 1. The van der Waals surface area contributed by atoms with Crippen molar-refractivity contribution in [2.24, 2.45) is 0 Å². The molecule has 1 N–H and O–H groups in total. The van der Waals surface area contributed by atoms with Crippen LogP contribution in [0.4, 0.5) is 10.2 Å². The fraction of sp³-hybridized carbons (Fsp3) is 0.667. The van der Waals surface area contributed by atoms with Gasteiger partial charge in [0.2, 0.25) is 0 Å². The second kappa shape index (κ2) is 7.96. The molecule has 0 unspecified atom stereocenters. The summed E-state index contributed by atoms with van der Waals surface area (Å²) >= 11 is 0. The monoisotopic (exact) mass is 393 g/mol. The molecular formula is C18H24FN5O4. The number of nitrogens with zero attached hydrogens (tertiary/aromatic N) is 4. The zero-order chi connectivity index (χ0) is 19.7. The highest BCUT2D eigenvalue weighted by Crippen LogP contribution is 2.34. The van der Waals surface area contributed by atoms with E-state index in [9.17, 15) is 9.18 Å². The summed E-state index contributed by atoms with van der Waals surface area (Å²) in [4.78, 5) is 24.8. The van der Waals surface area contributed by atoms with Gasteiger partial charge in [-0.2, -0.15) is 0 Å². The molecule has 2 aromatic heterocycles. The number of aromatic nitrogens is 4. The molecule has 2 aliphatic heterocycles. The number of anilines is 1. The maximum absolute atomic E-state index is 13.3. The van der Waals surface area contributed by atoms with Crippen molar-refractivity contribution in [3.05, 3.63) is 12.2 Å². The molecule has 0 aromatic carbocycles. The molecule has 9 nitrogen and oxygen atoms in total. The molecule has 2 saturated heterocycles. The predicted octanol–water partition coefficient (Wildman–Crippen LogP) is 1.91. The highest BCUT2D eigenvalue weighted by atomic mass is 19.1. The largest absolute Gasteiger partial charge is 0.460 e. The zero-order valence-corrected chi connectivity index (χ0v) is 15.9. The number of esters is 1. The van der Waals surface area contributed by atoms with Crippen LogP contribution < -0.4 is 5.32 Å². The van der Waals surface area contributed by atoms with Gasteiger partial charge < -0.3 is 19.5 Å². The van der Waals surface area contributed by atoms with E-state index in [0.29, 0.717) is 29.2 Å². The number of carbonyl (C=O) groups excluding carboxylic acids is 1. The first-order valence-corrected chi connectivity index (χ1v) is 9.49. The van der Waals surface area contributed by atoms with Gasteiger partial charge in [-0.1, -0.05) is 0 Å². The Morgan fingerprint density at radius 3 is 2.89 bits per heavy atom. The zero-order valence-electron chi connectivity index (χ0n) is 15.9. The van der Waals surface area contributed by atoms with Crippen molar-refractivity contribution in [1.82, 2.24) is 19.5 Å². The first kappa shape index (κ1) is 19.0. The van der Waals surface area contributed by atoms with Gasteiger partial charge in [0.15, 0.2) is 17.0 Å². The Balaban J connectivity index is 1.61. The summed E-state index contributed by atoms with van der Waals surface area (Å²) in [6, 6.07) is 0.267. The van der Waals surface area contributed by atoms with Crippen LogP contribution in [0.1, 0.15) is 38.2 Å². The average molecular weight is 393 g/mol. The van der Waals surface area contributed by atoms with Crippen LogP contribution in [0.2, 0.25) is 0 Å². The Bertz CT molecular complexity index is 854. The number of hydrogen-bond donors (Lipinski definition) is 1. The fourth-order valence-corrected chi connectivity index (χ4v) is 3.72. The highest BCUT2D eigenvalue weighted by molar-refractivity contribution is 5.83. The molecular weight excluding hydrogens is 369 g/mol. The number of fused-ring (bicyclic) bond motifs is 1. The Morgan fingerprint density at radius 1 is 1.39 bits per heavy atom. The van der Waals surface area contributed by atoms with E-state index in [2.05, 4.69) is 20.3 Å². The molecule has 0 amide bonds. The first-order valence-electron chi connectivity index (χ1n) is 9.49. The smallest absolute Gasteiger partial charge is 0.302 e. The van der Waals surface area contributed by atoms with E-state index in [1.54, 1.807) is 10.9 Å². The van der Waals surface area contributed by atoms with Gasteiger partial charge in [-0.15, -0.1) is 0 Å². The summed E-state index contributed by atoms with van der Waals surface area (Å²) in [5.74, 6) is 0.814. The van der Waals surface area contributed by atoms with Crippen LogP contribution in [0.5, 0.6) is 0 Å². The second-order valence-electron chi connectivity index (χ2n) is 7.14. The molecule has 0 saturated carbocycles. The molecule has 2 aromatic rings. The topological polar surface area (TPSA) is 100 Å². The first-order chi connectivity index (χ1) is 13.5. The quantitative estimate of drug-likeness (QED) is 0.769. The normalized spacial score (nSPS) is 25.9. The van der Waals surface area contributed by atoms with Crippen molar-refractivity contribution in [3.8, 4) is 0 Å². The minimum atomic E-state index is -0.797. The minimum Gasteiger partial charge on any atom is -0.460 e. The maximum atomic E-state index is 13.3. The number of rotatable bonds is 5. The molecule has 2 aliphatic rings. The van der Waals surface area contributed by atoms with Crippen LogP contribution in [-0.4, -0.2) is 63.6 Å². The number of ether oxygens (including phenoxy) is 3. The highest BCUT2D eigenvalue weighted by Gasteiger charge is 2.39. The molecule has 4 heterocycles. The third-order valence-corrected chi connectivity index (χ3v) is 5.06. The summed E-state index contributed by atoms with van der Waals surface area (Å²) in [5, 5.41) is 3.45. The molecule has 0 radical (unpaired) electrons. The Kier molecular flexibility index (Phi) is 5.40. The third kappa shape index (κ3) is 3.79. The molecule has 2 fully saturated rings. The second-order valence-corrected chi connectivity index (χ2v) is 7.14. The van der Waals surface area contributed by atoms with Gasteiger partial charge in [0.1, 0.15) is 30.9 Å². The number of hydrogen-bond acceptors (Lipinski definition) is 8. The van der Waals surface area contributed by atoms with Crippen molar-refractivity contribution in [1.29, 1.82) is 0 Å². The van der Waals surface area contributed by atoms with Crippen molar-refractivity contribution < 1.29 is 23.4 Å². The van der Waals surface area contributed by atoms with Gasteiger partial charge in [-0.25, -0.2) is 19.3 Å². The number of halogens is 1. The summed E-state index contributed by atoms with van der Waals surface area (Å²) in [6.45, 7) is 3.83. The molecule has 152 valence electrons. The van der Waals surface area contributed by atoms with Gasteiger partial charge in [0.05, 0.1) is 6.33 Å². The number of alkyl halides is 1. The lowest BCUT2D eigenvalue weighted by Gasteiger charge is -2.23. The van der Waals surface area contributed by atoms with E-state index in [1.165, 1.54) is 6.92 Å². The van der Waals surface area contributed by atoms with Crippen LogP contribution in [0.15, 0.2) is 6.33 Å². The van der Waals surface area contributed by atoms with Crippen LogP contribution in [0, 0.1) is 6.92 Å². The van der Waals surface area contributed by atoms with E-state index >= 15 is 0 Å². The van der Waals surface area contributed by atoms with Crippen molar-refractivity contribution in [2.75, 3.05) is 25.2 Å². The van der Waals surface area contributed by atoms with Crippen LogP contribution >= 0.6 is 0 Å². The van der Waals surface area contributed by atoms with Crippen molar-refractivity contribution in [2.45, 2.75) is 57.6 Å². The van der Waals surface area contributed by atoms with Crippen LogP contribution in [-0.2, 0) is 19.0 Å². The van der Waals surface area contributed by atoms with Crippen LogP contribution in [0.25, 0.3) is 11.2 Å². The number of aryl methyl sites for hydroxylation is 1. The molecule has 10 heteroatoms. The van der Waals surface area contributed by atoms with Crippen molar-refractivity contribution in [3.63, 3.8) is 0 Å². The Labute approximate surface area is 161 Å². The molecule has 4 rings (SSSR count). The number of carbonyl (C=O) groups is 1. The molecule has 0 bridgehead atoms. The van der Waals surface area contributed by atoms with Gasteiger partial charge in [0, 0.05) is 32.6 Å². The number of nitrogens with one attached hydrogen (secondary N) is 1. The Morgan fingerprint density at radius 2 is 2.18 bits per heavy atom. The fourth-order valence-electron chi connectivity index (χ4n) is 3.72. The predicted molar refractivity (Wildman–Crippen MR) is 97.6 cm³/mol. The summed E-state index contributed by atoms with van der Waals surface area (Å²) in [7, 11) is 0. The third-order valence-electron chi connectivity index (χ3n) is 5.06. The van der Waals surface area contributed by atoms with E-state index in [4.69, 9.17) is 14.2 Å². The average Bonchev–Trinajstić information content (AvgIpc) is 3.25. The molecule has 28 heavy (non-hydrogen) atoms. The van der Waals surface area contributed by atoms with Gasteiger partial charge >= 0.3 is 5.97 Å². The van der Waals surface area contributed by atoms with E-state index in [0.717, 1.165) is 26.1 Å². The summed E-state index contributed by atoms with van der Waals surface area (Å²) < 4.78 is 31.5. The SMILES string of the molecule is CC(=O)O[C@H]1C[C@H](n2cnc3c(NC4CCOCC4)nc(C)nc32)O[C@@H]1CF. The summed E-state index contributed by atoms with van der Waals surface area (Å²) in [6.07, 6.45) is 1.82.